The molecule has 9 heteroatoms. The van der Waals surface area contributed by atoms with Gasteiger partial charge in [-0.15, -0.1) is 0 Å². The maximum absolute atomic E-state index is 13.0. The van der Waals surface area contributed by atoms with Crippen molar-refractivity contribution in [2.75, 3.05) is 19.9 Å². The number of nitrogens with one attached hydrogen (secondary N) is 2. The zero-order valence-electron chi connectivity index (χ0n) is 15.9. The Bertz CT molecular complexity index is 790. The van der Waals surface area contributed by atoms with Gasteiger partial charge >= 0.3 is 0 Å². The van der Waals surface area contributed by atoms with Gasteiger partial charge in [0.05, 0.1) is 18.1 Å². The Hall–Kier alpha value is -1.74. The van der Waals surface area contributed by atoms with E-state index < -0.39 is 0 Å². The molecule has 156 valence electrons. The van der Waals surface area contributed by atoms with Crippen LogP contribution in [0.25, 0.3) is 0 Å². The van der Waals surface area contributed by atoms with Crippen LogP contribution in [0.1, 0.15) is 24.8 Å². The normalized spacial score (nSPS) is 28.5. The third-order valence-corrected chi connectivity index (χ3v) is 6.38. The van der Waals surface area contributed by atoms with Gasteiger partial charge in [-0.3, -0.25) is 14.5 Å². The highest BCUT2D eigenvalue weighted by molar-refractivity contribution is 7.80. The number of hydrogen-bond acceptors (Lipinski definition) is 5. The summed E-state index contributed by atoms with van der Waals surface area (Å²) in [6, 6.07) is 7.52. The second kappa shape index (κ2) is 8.95. The topological polar surface area (TPSA) is 79.9 Å². The summed E-state index contributed by atoms with van der Waals surface area (Å²) in [6.45, 7) is 1.08. The van der Waals surface area contributed by atoms with Crippen molar-refractivity contribution in [1.29, 1.82) is 0 Å². The fourth-order valence-corrected chi connectivity index (χ4v) is 4.64. The van der Waals surface area contributed by atoms with E-state index in [4.69, 9.17) is 33.3 Å². The van der Waals surface area contributed by atoms with Crippen LogP contribution in [0.15, 0.2) is 24.3 Å². The summed E-state index contributed by atoms with van der Waals surface area (Å²) in [5.41, 5.74) is 1.10. The molecule has 0 aromatic heterocycles. The van der Waals surface area contributed by atoms with Gasteiger partial charge in [-0.05, 0) is 49.2 Å². The maximum atomic E-state index is 13.0. The lowest BCUT2D eigenvalue weighted by atomic mass is 9.79. The first kappa shape index (κ1) is 20.5. The van der Waals surface area contributed by atoms with Gasteiger partial charge in [-0.2, -0.15) is 0 Å². The van der Waals surface area contributed by atoms with Crippen molar-refractivity contribution >= 4 is 40.7 Å². The Balaban J connectivity index is 1.24. The van der Waals surface area contributed by atoms with Crippen LogP contribution in [0, 0.1) is 5.92 Å². The predicted molar refractivity (Wildman–Crippen MR) is 111 cm³/mol. The largest absolute Gasteiger partial charge is 0.359 e. The van der Waals surface area contributed by atoms with Gasteiger partial charge in [0.1, 0.15) is 6.79 Å². The molecule has 3 aliphatic rings. The summed E-state index contributed by atoms with van der Waals surface area (Å²) in [7, 11) is 0. The molecule has 3 fully saturated rings. The van der Waals surface area contributed by atoms with E-state index in [0.717, 1.165) is 12.0 Å². The fourth-order valence-electron chi connectivity index (χ4n) is 4.18. The van der Waals surface area contributed by atoms with Crippen molar-refractivity contribution in [2.24, 2.45) is 5.92 Å². The predicted octanol–water partition coefficient (Wildman–Crippen LogP) is 1.63. The number of amides is 2. The Morgan fingerprint density at radius 2 is 1.97 bits per heavy atom. The highest BCUT2D eigenvalue weighted by atomic mass is 35.5. The van der Waals surface area contributed by atoms with E-state index in [1.165, 1.54) is 4.90 Å². The number of hydrogen-bond donors (Lipinski definition) is 2. The molecule has 2 amide bonds. The van der Waals surface area contributed by atoms with Crippen LogP contribution < -0.4 is 10.6 Å². The van der Waals surface area contributed by atoms with Crippen molar-refractivity contribution in [3.8, 4) is 0 Å². The van der Waals surface area contributed by atoms with E-state index in [-0.39, 0.29) is 55.7 Å². The monoisotopic (exact) mass is 437 g/mol. The summed E-state index contributed by atoms with van der Waals surface area (Å²) < 4.78 is 11.1. The van der Waals surface area contributed by atoms with Crippen LogP contribution in [0.5, 0.6) is 0 Å². The second-order valence-corrected chi connectivity index (χ2v) is 8.45. The van der Waals surface area contributed by atoms with E-state index in [2.05, 4.69) is 10.6 Å². The standard InChI is InChI=1S/C20H24ClN3O4S/c21-13-3-1-12(2-4-13)5-7-22-18(25)6-8-24-19(26)14-9-16-17(28-11-27-16)10-15(14)23-20(24)29/h1-4,14-17H,5-11H2,(H,22,25)(H,23,29). The Morgan fingerprint density at radius 1 is 1.24 bits per heavy atom. The summed E-state index contributed by atoms with van der Waals surface area (Å²) in [4.78, 5) is 26.7. The van der Waals surface area contributed by atoms with Crippen LogP contribution >= 0.6 is 23.8 Å². The summed E-state index contributed by atoms with van der Waals surface area (Å²) in [5, 5.41) is 7.24. The van der Waals surface area contributed by atoms with E-state index in [0.29, 0.717) is 29.5 Å². The fraction of sp³-hybridized carbons (Fsp3) is 0.550. The van der Waals surface area contributed by atoms with Gasteiger partial charge in [-0.25, -0.2) is 0 Å². The van der Waals surface area contributed by atoms with E-state index in [1.54, 1.807) is 0 Å². The van der Waals surface area contributed by atoms with Crippen molar-refractivity contribution in [1.82, 2.24) is 15.5 Å². The van der Waals surface area contributed by atoms with Crippen LogP contribution in [-0.2, 0) is 25.5 Å². The number of ether oxygens (including phenoxy) is 2. The van der Waals surface area contributed by atoms with Crippen molar-refractivity contribution < 1.29 is 19.1 Å². The minimum absolute atomic E-state index is 0.0253. The first-order valence-corrected chi connectivity index (χ1v) is 10.7. The molecule has 4 rings (SSSR count). The quantitative estimate of drug-likeness (QED) is 0.658. The van der Waals surface area contributed by atoms with Gasteiger partial charge in [0.25, 0.3) is 0 Å². The summed E-state index contributed by atoms with van der Waals surface area (Å²) >= 11 is 11.3. The highest BCUT2D eigenvalue weighted by Gasteiger charge is 2.48. The molecule has 1 aromatic rings. The van der Waals surface area contributed by atoms with Gasteiger partial charge < -0.3 is 20.1 Å². The molecule has 29 heavy (non-hydrogen) atoms. The third kappa shape index (κ3) is 4.71. The van der Waals surface area contributed by atoms with E-state index in [1.807, 2.05) is 24.3 Å². The van der Waals surface area contributed by atoms with Crippen LogP contribution in [-0.4, -0.2) is 60.0 Å². The minimum atomic E-state index is -0.197. The molecule has 1 aliphatic carbocycles. The van der Waals surface area contributed by atoms with E-state index in [9.17, 15) is 9.59 Å². The first-order valence-electron chi connectivity index (χ1n) is 9.87. The van der Waals surface area contributed by atoms with Crippen molar-refractivity contribution in [3.63, 3.8) is 0 Å². The van der Waals surface area contributed by atoms with Gasteiger partial charge in [0.15, 0.2) is 5.11 Å². The molecule has 0 bridgehead atoms. The molecule has 4 atom stereocenters. The molecular weight excluding hydrogens is 414 g/mol. The van der Waals surface area contributed by atoms with Crippen LogP contribution in [0.2, 0.25) is 5.02 Å². The van der Waals surface area contributed by atoms with Gasteiger partial charge in [0.2, 0.25) is 11.8 Å². The van der Waals surface area contributed by atoms with Crippen LogP contribution in [0.3, 0.4) is 0 Å². The second-order valence-electron chi connectivity index (χ2n) is 7.63. The molecule has 1 saturated carbocycles. The Kier molecular flexibility index (Phi) is 6.34. The van der Waals surface area contributed by atoms with Crippen LogP contribution in [0.4, 0.5) is 0 Å². The Morgan fingerprint density at radius 3 is 2.72 bits per heavy atom. The number of nitrogens with zero attached hydrogens (tertiary/aromatic N) is 1. The lowest BCUT2D eigenvalue weighted by molar-refractivity contribution is -0.137. The molecule has 0 radical (unpaired) electrons. The smallest absolute Gasteiger partial charge is 0.234 e. The zero-order valence-corrected chi connectivity index (χ0v) is 17.5. The van der Waals surface area contributed by atoms with E-state index >= 15 is 0 Å². The number of fused-ring (bicyclic) bond motifs is 2. The molecule has 2 heterocycles. The molecule has 2 saturated heterocycles. The molecule has 1 aromatic carbocycles. The number of halogens is 1. The summed E-state index contributed by atoms with van der Waals surface area (Å²) in [5.74, 6) is -0.327. The average molecular weight is 438 g/mol. The molecular formula is C20H24ClN3O4S. The first-order chi connectivity index (χ1) is 14.0. The molecule has 7 nitrogen and oxygen atoms in total. The highest BCUT2D eigenvalue weighted by Crippen LogP contribution is 2.35. The number of thiocarbonyl (C=S) groups is 1. The van der Waals surface area contributed by atoms with Gasteiger partial charge in [0, 0.05) is 30.6 Å². The van der Waals surface area contributed by atoms with Crippen molar-refractivity contribution in [2.45, 2.75) is 43.9 Å². The molecule has 0 spiro atoms. The lowest BCUT2D eigenvalue weighted by Crippen LogP contribution is -2.63. The number of benzene rings is 1. The SMILES string of the molecule is O=C(CCN1C(=O)C2CC3OCOC3CC2NC1=S)NCCc1ccc(Cl)cc1. The minimum Gasteiger partial charge on any atom is -0.359 e. The average Bonchev–Trinajstić information content (AvgIpc) is 3.15. The molecule has 4 unspecified atom stereocenters. The maximum Gasteiger partial charge on any atom is 0.234 e. The number of carbonyl (C=O) groups is 2. The molecule has 2 N–H and O–H groups in total. The third-order valence-electron chi connectivity index (χ3n) is 5.79. The Labute approximate surface area is 180 Å². The lowest BCUT2D eigenvalue weighted by Gasteiger charge is -2.44. The number of rotatable bonds is 6. The summed E-state index contributed by atoms with van der Waals surface area (Å²) in [6.07, 6.45) is 2.24. The molecule has 2 aliphatic heterocycles. The number of carbonyl (C=O) groups excluding carboxylic acids is 2. The van der Waals surface area contributed by atoms with Crippen molar-refractivity contribution in [3.05, 3.63) is 34.9 Å². The zero-order chi connectivity index (χ0) is 20.4. The van der Waals surface area contributed by atoms with Gasteiger partial charge in [-0.1, -0.05) is 23.7 Å².